The molecule has 1 fully saturated rings. The summed E-state index contributed by atoms with van der Waals surface area (Å²) in [5, 5.41) is 12.9. The molecule has 2 N–H and O–H groups in total. The standard InChI is InChI=1S/C17H22N4O3S/c1-20(11-16(23)21-5-7-24-8-6-21)10-15(22)19-17-13(9-18)12-3-2-4-14(12)25-17/h2-8,10-11H2,1H3,(H,19,22)/p+1. The second-order valence-corrected chi connectivity index (χ2v) is 7.63. The predicted molar refractivity (Wildman–Crippen MR) is 93.7 cm³/mol. The molecule has 1 aliphatic carbocycles. The SMILES string of the molecule is C[NH+](CC(=O)Nc1sc2c(c1C#N)CCC2)CC(=O)N1CCOCC1. The van der Waals surface area contributed by atoms with Crippen LogP contribution in [0.25, 0.3) is 0 Å². The van der Waals surface area contributed by atoms with Crippen molar-refractivity contribution in [2.24, 2.45) is 0 Å². The molecule has 1 aromatic heterocycles. The molecule has 0 spiro atoms. The minimum Gasteiger partial charge on any atom is -0.378 e. The van der Waals surface area contributed by atoms with Gasteiger partial charge < -0.3 is 19.9 Å². The highest BCUT2D eigenvalue weighted by Crippen LogP contribution is 2.38. The van der Waals surface area contributed by atoms with Gasteiger partial charge in [0, 0.05) is 18.0 Å². The van der Waals surface area contributed by atoms with Gasteiger partial charge in [0.05, 0.1) is 25.8 Å². The van der Waals surface area contributed by atoms with Gasteiger partial charge in [-0.15, -0.1) is 11.3 Å². The molecule has 7 nitrogen and oxygen atoms in total. The molecule has 2 heterocycles. The van der Waals surface area contributed by atoms with E-state index in [1.54, 1.807) is 4.90 Å². The average molecular weight is 363 g/mol. The number of nitrogens with one attached hydrogen (secondary N) is 2. The number of hydrogen-bond acceptors (Lipinski definition) is 5. The van der Waals surface area contributed by atoms with Crippen molar-refractivity contribution in [3.63, 3.8) is 0 Å². The lowest BCUT2D eigenvalue weighted by atomic mass is 10.1. The molecule has 2 amide bonds. The molecule has 134 valence electrons. The molecule has 1 saturated heterocycles. The second-order valence-electron chi connectivity index (χ2n) is 6.53. The van der Waals surface area contributed by atoms with Gasteiger partial charge in [0.25, 0.3) is 11.8 Å². The molecular weight excluding hydrogens is 340 g/mol. The van der Waals surface area contributed by atoms with Crippen LogP contribution in [0.15, 0.2) is 0 Å². The number of morpholine rings is 1. The van der Waals surface area contributed by atoms with E-state index in [2.05, 4.69) is 11.4 Å². The maximum Gasteiger partial charge on any atom is 0.280 e. The third kappa shape index (κ3) is 4.18. The fourth-order valence-electron chi connectivity index (χ4n) is 3.30. The van der Waals surface area contributed by atoms with E-state index < -0.39 is 0 Å². The van der Waals surface area contributed by atoms with Crippen molar-refractivity contribution in [2.75, 3.05) is 51.8 Å². The summed E-state index contributed by atoms with van der Waals surface area (Å²) in [6, 6.07) is 2.23. The lowest BCUT2D eigenvalue weighted by molar-refractivity contribution is -0.862. The Morgan fingerprint density at radius 1 is 1.32 bits per heavy atom. The minimum absolute atomic E-state index is 0.0430. The van der Waals surface area contributed by atoms with Crippen LogP contribution in [0, 0.1) is 11.3 Å². The topological polar surface area (TPSA) is 86.9 Å². The number of fused-ring (bicyclic) bond motifs is 1. The molecule has 2 aliphatic rings. The lowest BCUT2D eigenvalue weighted by Crippen LogP contribution is -3.11. The molecule has 1 aliphatic heterocycles. The van der Waals surface area contributed by atoms with Crippen LogP contribution >= 0.6 is 11.3 Å². The molecule has 25 heavy (non-hydrogen) atoms. The van der Waals surface area contributed by atoms with E-state index in [1.807, 2.05) is 7.05 Å². The van der Waals surface area contributed by atoms with E-state index in [1.165, 1.54) is 16.2 Å². The molecule has 8 heteroatoms. The molecule has 0 saturated carbocycles. The average Bonchev–Trinajstić information content (AvgIpc) is 3.15. The Bertz CT molecular complexity index is 703. The Labute approximate surface area is 151 Å². The number of nitriles is 1. The predicted octanol–water partition coefficient (Wildman–Crippen LogP) is -0.580. The highest BCUT2D eigenvalue weighted by molar-refractivity contribution is 7.16. The van der Waals surface area contributed by atoms with Crippen LogP contribution in [0.2, 0.25) is 0 Å². The van der Waals surface area contributed by atoms with Crippen LogP contribution in [0.1, 0.15) is 22.4 Å². The number of amides is 2. The maximum atomic E-state index is 12.3. The molecule has 0 bridgehead atoms. The smallest absolute Gasteiger partial charge is 0.280 e. The number of carbonyl (C=O) groups excluding carboxylic acids is 2. The molecule has 3 rings (SSSR count). The minimum atomic E-state index is -0.163. The first-order chi connectivity index (χ1) is 12.1. The zero-order chi connectivity index (χ0) is 17.8. The summed E-state index contributed by atoms with van der Waals surface area (Å²) in [4.78, 5) is 28.3. The Hall–Kier alpha value is -1.95. The molecule has 1 atom stereocenters. The van der Waals surface area contributed by atoms with Gasteiger partial charge in [-0.1, -0.05) is 0 Å². The van der Waals surface area contributed by atoms with E-state index in [0.717, 1.165) is 29.7 Å². The van der Waals surface area contributed by atoms with Gasteiger partial charge in [0.2, 0.25) is 0 Å². The van der Waals surface area contributed by atoms with Crippen LogP contribution in [0.4, 0.5) is 5.00 Å². The summed E-state index contributed by atoms with van der Waals surface area (Å²) in [6.45, 7) is 2.86. The van der Waals surface area contributed by atoms with Crippen LogP contribution < -0.4 is 10.2 Å². The van der Waals surface area contributed by atoms with Gasteiger partial charge in [-0.2, -0.15) is 5.26 Å². The van der Waals surface area contributed by atoms with Crippen molar-refractivity contribution in [2.45, 2.75) is 19.3 Å². The summed E-state index contributed by atoms with van der Waals surface area (Å²) < 4.78 is 5.24. The largest absolute Gasteiger partial charge is 0.378 e. The second kappa shape index (κ2) is 7.95. The van der Waals surface area contributed by atoms with E-state index in [0.29, 0.717) is 36.9 Å². The number of ether oxygens (including phenoxy) is 1. The zero-order valence-corrected chi connectivity index (χ0v) is 15.2. The lowest BCUT2D eigenvalue weighted by Gasteiger charge is -2.27. The molecule has 0 radical (unpaired) electrons. The Morgan fingerprint density at radius 2 is 2.08 bits per heavy atom. The Morgan fingerprint density at radius 3 is 2.80 bits per heavy atom. The number of aryl methyl sites for hydroxylation is 1. The number of rotatable bonds is 5. The molecule has 0 aromatic carbocycles. The summed E-state index contributed by atoms with van der Waals surface area (Å²) in [5.41, 5.74) is 1.72. The third-order valence-corrected chi connectivity index (χ3v) is 5.77. The number of nitrogens with zero attached hydrogens (tertiary/aromatic N) is 2. The van der Waals surface area contributed by atoms with Crippen molar-refractivity contribution in [1.82, 2.24) is 4.90 Å². The van der Waals surface area contributed by atoms with Crippen LogP contribution in [-0.4, -0.2) is 63.2 Å². The van der Waals surface area contributed by atoms with Crippen molar-refractivity contribution in [3.8, 4) is 6.07 Å². The molecule has 1 aromatic rings. The quantitative estimate of drug-likeness (QED) is 0.733. The summed E-state index contributed by atoms with van der Waals surface area (Å²) in [7, 11) is 1.83. The van der Waals surface area contributed by atoms with Gasteiger partial charge in [-0.3, -0.25) is 9.59 Å². The highest BCUT2D eigenvalue weighted by atomic mass is 32.1. The highest BCUT2D eigenvalue weighted by Gasteiger charge is 2.25. The first-order valence-electron chi connectivity index (χ1n) is 8.59. The molecular formula is C17H23N4O3S+. The van der Waals surface area contributed by atoms with Crippen molar-refractivity contribution in [1.29, 1.82) is 5.26 Å². The Balaban J connectivity index is 1.52. The zero-order valence-electron chi connectivity index (χ0n) is 14.4. The first-order valence-corrected chi connectivity index (χ1v) is 9.41. The van der Waals surface area contributed by atoms with Gasteiger partial charge in [-0.05, 0) is 24.8 Å². The van der Waals surface area contributed by atoms with Gasteiger partial charge in [0.1, 0.15) is 11.1 Å². The van der Waals surface area contributed by atoms with Crippen molar-refractivity contribution in [3.05, 3.63) is 16.0 Å². The number of hydrogen-bond donors (Lipinski definition) is 2. The van der Waals surface area contributed by atoms with E-state index in [-0.39, 0.29) is 24.9 Å². The number of thiophene rings is 1. The number of anilines is 1. The normalized spacial score (nSPS) is 17.7. The van der Waals surface area contributed by atoms with E-state index >= 15 is 0 Å². The van der Waals surface area contributed by atoms with Gasteiger partial charge in [0.15, 0.2) is 13.1 Å². The monoisotopic (exact) mass is 363 g/mol. The third-order valence-electron chi connectivity index (χ3n) is 4.57. The maximum absolute atomic E-state index is 12.3. The van der Waals surface area contributed by atoms with Crippen molar-refractivity contribution < 1.29 is 19.2 Å². The van der Waals surface area contributed by atoms with Gasteiger partial charge >= 0.3 is 0 Å². The molecule has 1 unspecified atom stereocenters. The Kier molecular flexibility index (Phi) is 5.68. The first kappa shape index (κ1) is 17.9. The van der Waals surface area contributed by atoms with Crippen LogP contribution in [0.3, 0.4) is 0 Å². The number of carbonyl (C=O) groups is 2. The fraction of sp³-hybridized carbons (Fsp3) is 0.588. The summed E-state index contributed by atoms with van der Waals surface area (Å²) >= 11 is 1.51. The fourth-order valence-corrected chi connectivity index (χ4v) is 4.56. The van der Waals surface area contributed by atoms with Crippen LogP contribution in [-0.2, 0) is 27.2 Å². The number of quaternary nitrogens is 1. The summed E-state index contributed by atoms with van der Waals surface area (Å²) in [5.74, 6) is -0.120. The summed E-state index contributed by atoms with van der Waals surface area (Å²) in [6.07, 6.45) is 2.99. The van der Waals surface area contributed by atoms with Crippen molar-refractivity contribution >= 4 is 28.2 Å². The van der Waals surface area contributed by atoms with Gasteiger partial charge in [-0.25, -0.2) is 0 Å². The van der Waals surface area contributed by atoms with E-state index in [4.69, 9.17) is 4.74 Å². The number of likely N-dealkylation sites (N-methyl/N-ethyl adjacent to an activating group) is 1. The van der Waals surface area contributed by atoms with E-state index in [9.17, 15) is 14.9 Å². The van der Waals surface area contributed by atoms with Crippen LogP contribution in [0.5, 0.6) is 0 Å².